The summed E-state index contributed by atoms with van der Waals surface area (Å²) in [4.78, 5) is 14.2. The first-order chi connectivity index (χ1) is 15.6. The molecule has 2 aromatic heterocycles. The zero-order chi connectivity index (χ0) is 22.1. The van der Waals surface area contributed by atoms with Crippen molar-refractivity contribution in [2.75, 3.05) is 37.7 Å². The van der Waals surface area contributed by atoms with Crippen molar-refractivity contribution in [3.05, 3.63) is 84.1 Å². The molecule has 0 amide bonds. The summed E-state index contributed by atoms with van der Waals surface area (Å²) in [6.07, 6.45) is 6.25. The van der Waals surface area contributed by atoms with Crippen molar-refractivity contribution in [3.63, 3.8) is 0 Å². The van der Waals surface area contributed by atoms with Crippen molar-refractivity contribution in [3.8, 4) is 0 Å². The lowest BCUT2D eigenvalue weighted by atomic mass is 10.1. The molecule has 6 heteroatoms. The number of aromatic nitrogens is 3. The van der Waals surface area contributed by atoms with Gasteiger partial charge < -0.3 is 19.1 Å². The maximum atomic E-state index is 5.52. The maximum absolute atomic E-state index is 5.52. The van der Waals surface area contributed by atoms with Crippen LogP contribution < -0.4 is 4.90 Å². The molecule has 0 saturated carbocycles. The summed E-state index contributed by atoms with van der Waals surface area (Å²) >= 11 is 0. The molecule has 6 nitrogen and oxygen atoms in total. The number of anilines is 1. The van der Waals surface area contributed by atoms with Crippen LogP contribution in [-0.2, 0) is 11.3 Å². The van der Waals surface area contributed by atoms with Crippen LogP contribution in [0.25, 0.3) is 16.6 Å². The Bertz CT molecular complexity index is 1200. The molecule has 1 aromatic carbocycles. The lowest BCUT2D eigenvalue weighted by Crippen LogP contribution is -2.36. The second-order valence-electron chi connectivity index (χ2n) is 8.28. The Morgan fingerprint density at radius 2 is 1.91 bits per heavy atom. The van der Waals surface area contributed by atoms with Gasteiger partial charge in [0.05, 0.1) is 24.9 Å². The molecule has 1 saturated heterocycles. The number of ether oxygens (including phenoxy) is 1. The Morgan fingerprint density at radius 1 is 1.12 bits per heavy atom. The van der Waals surface area contributed by atoms with E-state index in [2.05, 4.69) is 83.5 Å². The number of hydrogen-bond donors (Lipinski definition) is 0. The molecule has 164 valence electrons. The molecule has 0 spiro atoms. The molecule has 4 heterocycles. The monoisotopic (exact) mass is 427 g/mol. The molecule has 2 aliphatic rings. The average Bonchev–Trinajstić information content (AvgIpc) is 3.19. The highest BCUT2D eigenvalue weighted by molar-refractivity contribution is 5.84. The number of fused-ring (bicyclic) bond motifs is 1. The molecule has 0 radical (unpaired) electrons. The highest BCUT2D eigenvalue weighted by atomic mass is 16.5. The van der Waals surface area contributed by atoms with Crippen LogP contribution in [0.1, 0.15) is 25.2 Å². The van der Waals surface area contributed by atoms with E-state index < -0.39 is 0 Å². The molecular weight excluding hydrogens is 398 g/mol. The van der Waals surface area contributed by atoms with Crippen molar-refractivity contribution in [1.82, 2.24) is 19.4 Å². The van der Waals surface area contributed by atoms with E-state index in [0.29, 0.717) is 0 Å². The molecule has 0 atom stereocenters. The van der Waals surface area contributed by atoms with Crippen LogP contribution in [0.2, 0.25) is 0 Å². The highest BCUT2D eigenvalue weighted by Crippen LogP contribution is 2.31. The molecule has 0 bridgehead atoms. The van der Waals surface area contributed by atoms with Crippen LogP contribution in [0.3, 0.4) is 0 Å². The number of hydrogen-bond acceptors (Lipinski definition) is 5. The molecule has 0 aliphatic carbocycles. The third kappa shape index (κ3) is 3.82. The minimum absolute atomic E-state index is 0.738. The molecule has 2 aliphatic heterocycles. The number of morpholine rings is 1. The van der Waals surface area contributed by atoms with E-state index in [-0.39, 0.29) is 0 Å². The summed E-state index contributed by atoms with van der Waals surface area (Å²) < 4.78 is 7.83. The normalized spacial score (nSPS) is 17.0. The van der Waals surface area contributed by atoms with E-state index >= 15 is 0 Å². The minimum Gasteiger partial charge on any atom is -0.378 e. The van der Waals surface area contributed by atoms with Crippen LogP contribution in [-0.4, -0.2) is 52.3 Å². The van der Waals surface area contributed by atoms with E-state index in [0.717, 1.165) is 78.9 Å². The van der Waals surface area contributed by atoms with Gasteiger partial charge >= 0.3 is 0 Å². The van der Waals surface area contributed by atoms with Crippen LogP contribution in [0.4, 0.5) is 5.82 Å². The van der Waals surface area contributed by atoms with Crippen LogP contribution in [0.5, 0.6) is 0 Å². The van der Waals surface area contributed by atoms with E-state index in [4.69, 9.17) is 14.7 Å². The Morgan fingerprint density at radius 3 is 2.66 bits per heavy atom. The van der Waals surface area contributed by atoms with Crippen LogP contribution in [0.15, 0.2) is 72.7 Å². The van der Waals surface area contributed by atoms with Gasteiger partial charge in [-0.3, -0.25) is 0 Å². The number of rotatable bonds is 5. The van der Waals surface area contributed by atoms with E-state index in [1.165, 1.54) is 5.56 Å². The van der Waals surface area contributed by atoms with Gasteiger partial charge in [-0.2, -0.15) is 0 Å². The second kappa shape index (κ2) is 8.63. The quantitative estimate of drug-likeness (QED) is 0.602. The van der Waals surface area contributed by atoms with Gasteiger partial charge in [0.25, 0.3) is 0 Å². The number of allylic oxidation sites excluding steroid dienone is 3. The molecular formula is C26H29N5O. The third-order valence-corrected chi connectivity index (χ3v) is 6.21. The van der Waals surface area contributed by atoms with E-state index in [1.807, 2.05) is 6.20 Å². The fraction of sp³-hybridized carbons (Fsp3) is 0.308. The largest absolute Gasteiger partial charge is 0.378 e. The van der Waals surface area contributed by atoms with Gasteiger partial charge in [0, 0.05) is 49.7 Å². The SMILES string of the molecule is C=C1C(C)=CC(c2nc3cnc(N4CCOCC4)cc3n2Cc2ccccc2)=CN1CC. The lowest BCUT2D eigenvalue weighted by Gasteiger charge is -2.28. The number of likely N-dealkylation sites (N-methyl/N-ethyl adjacent to an activating group) is 1. The smallest absolute Gasteiger partial charge is 0.143 e. The first-order valence-electron chi connectivity index (χ1n) is 11.2. The predicted molar refractivity (Wildman–Crippen MR) is 129 cm³/mol. The van der Waals surface area contributed by atoms with Gasteiger partial charge in [-0.05, 0) is 31.1 Å². The molecule has 0 unspecified atom stereocenters. The summed E-state index contributed by atoms with van der Waals surface area (Å²) in [7, 11) is 0. The Balaban J connectivity index is 1.64. The number of imidazole rings is 1. The predicted octanol–water partition coefficient (Wildman–Crippen LogP) is 4.45. The number of pyridine rings is 1. The van der Waals surface area contributed by atoms with Gasteiger partial charge in [0.1, 0.15) is 17.2 Å². The van der Waals surface area contributed by atoms with Gasteiger partial charge in [-0.25, -0.2) is 9.97 Å². The minimum atomic E-state index is 0.738. The lowest BCUT2D eigenvalue weighted by molar-refractivity contribution is 0.122. The van der Waals surface area contributed by atoms with Crippen LogP contribution >= 0.6 is 0 Å². The standard InChI is InChI=1S/C26H29N5O/c1-4-29-18-22(14-19(2)20(29)3)26-28-23-16-27-25(30-10-12-32-13-11-30)15-24(23)31(26)17-21-8-6-5-7-9-21/h5-9,14-16,18H,3-4,10-13,17H2,1-2H3. The van der Waals surface area contributed by atoms with Gasteiger partial charge in [-0.15, -0.1) is 0 Å². The van der Waals surface area contributed by atoms with Crippen molar-refractivity contribution < 1.29 is 4.74 Å². The second-order valence-corrected chi connectivity index (χ2v) is 8.28. The highest BCUT2D eigenvalue weighted by Gasteiger charge is 2.21. The topological polar surface area (TPSA) is 46.4 Å². The van der Waals surface area contributed by atoms with Crippen molar-refractivity contribution >= 4 is 22.4 Å². The summed E-state index contributed by atoms with van der Waals surface area (Å²) in [6, 6.07) is 12.7. The molecule has 0 N–H and O–H groups in total. The first kappa shape index (κ1) is 20.5. The summed E-state index contributed by atoms with van der Waals surface area (Å²) in [5.74, 6) is 1.93. The number of benzene rings is 1. The summed E-state index contributed by atoms with van der Waals surface area (Å²) in [6.45, 7) is 13.3. The summed E-state index contributed by atoms with van der Waals surface area (Å²) in [5.41, 5.74) is 6.54. The van der Waals surface area contributed by atoms with Crippen molar-refractivity contribution in [1.29, 1.82) is 0 Å². The van der Waals surface area contributed by atoms with E-state index in [9.17, 15) is 0 Å². The zero-order valence-corrected chi connectivity index (χ0v) is 18.8. The molecule has 32 heavy (non-hydrogen) atoms. The van der Waals surface area contributed by atoms with Gasteiger partial charge in [0.15, 0.2) is 0 Å². The van der Waals surface area contributed by atoms with Crippen molar-refractivity contribution in [2.45, 2.75) is 20.4 Å². The number of nitrogens with zero attached hydrogens (tertiary/aromatic N) is 5. The van der Waals surface area contributed by atoms with Gasteiger partial charge in [-0.1, -0.05) is 36.9 Å². The maximum Gasteiger partial charge on any atom is 0.143 e. The Hall–Kier alpha value is -3.38. The van der Waals surface area contributed by atoms with Crippen LogP contribution in [0, 0.1) is 0 Å². The fourth-order valence-corrected chi connectivity index (χ4v) is 4.36. The Kier molecular flexibility index (Phi) is 5.53. The summed E-state index contributed by atoms with van der Waals surface area (Å²) in [5, 5.41) is 0. The fourth-order valence-electron chi connectivity index (χ4n) is 4.36. The van der Waals surface area contributed by atoms with E-state index in [1.54, 1.807) is 0 Å². The zero-order valence-electron chi connectivity index (χ0n) is 18.8. The molecule has 3 aromatic rings. The average molecular weight is 428 g/mol. The van der Waals surface area contributed by atoms with Gasteiger partial charge in [0.2, 0.25) is 0 Å². The first-order valence-corrected chi connectivity index (χ1v) is 11.2. The molecule has 5 rings (SSSR count). The van der Waals surface area contributed by atoms with Crippen molar-refractivity contribution in [2.24, 2.45) is 0 Å². The Labute approximate surface area is 189 Å². The third-order valence-electron chi connectivity index (χ3n) is 6.21. The molecule has 1 fully saturated rings.